The van der Waals surface area contributed by atoms with E-state index in [0.29, 0.717) is 5.91 Å². The van der Waals surface area contributed by atoms with Gasteiger partial charge in [0.1, 0.15) is 0 Å². The number of imidazole rings is 1. The van der Waals surface area contributed by atoms with Gasteiger partial charge < -0.3 is 9.64 Å². The minimum Gasteiger partial charge on any atom is -0.376 e. The Kier molecular flexibility index (Phi) is 5.81. The molecule has 0 N–H and O–H groups in total. The SMILES string of the molecule is O=C(C1CCC1)N(CCc1csc2nc(-c3ccc(Cl)cc3)cn12)CC1CCCO1. The summed E-state index contributed by atoms with van der Waals surface area (Å²) in [6.07, 6.45) is 8.52. The number of hydrogen-bond acceptors (Lipinski definition) is 4. The Morgan fingerprint density at radius 3 is 2.77 bits per heavy atom. The molecule has 7 heteroatoms. The third kappa shape index (κ3) is 4.13. The van der Waals surface area contributed by atoms with E-state index in [9.17, 15) is 4.79 Å². The monoisotopic (exact) mass is 443 g/mol. The molecule has 1 amide bonds. The minimum atomic E-state index is 0.196. The average molecular weight is 444 g/mol. The normalized spacial score (nSPS) is 19.3. The Morgan fingerprint density at radius 1 is 1.23 bits per heavy atom. The zero-order chi connectivity index (χ0) is 20.5. The molecular formula is C23H26ClN3O2S. The molecule has 1 aliphatic heterocycles. The number of carbonyl (C=O) groups excluding carboxylic acids is 1. The lowest BCUT2D eigenvalue weighted by molar-refractivity contribution is -0.139. The van der Waals surface area contributed by atoms with Crippen LogP contribution in [-0.2, 0) is 16.0 Å². The quantitative estimate of drug-likeness (QED) is 0.512. The molecule has 1 aromatic carbocycles. The number of carbonyl (C=O) groups is 1. The molecule has 2 aliphatic rings. The number of ether oxygens (including phenoxy) is 1. The number of rotatable bonds is 7. The van der Waals surface area contributed by atoms with Crippen LogP contribution in [-0.4, -0.2) is 46.0 Å². The largest absolute Gasteiger partial charge is 0.376 e. The maximum atomic E-state index is 13.0. The van der Waals surface area contributed by atoms with Crippen molar-refractivity contribution in [2.45, 2.75) is 44.6 Å². The Labute approximate surface area is 185 Å². The van der Waals surface area contributed by atoms with Crippen molar-refractivity contribution in [2.75, 3.05) is 19.7 Å². The third-order valence-electron chi connectivity index (χ3n) is 6.28. The van der Waals surface area contributed by atoms with Crippen LogP contribution in [0.4, 0.5) is 0 Å². The van der Waals surface area contributed by atoms with Gasteiger partial charge in [0, 0.05) is 59.9 Å². The van der Waals surface area contributed by atoms with E-state index in [1.807, 2.05) is 24.3 Å². The number of amides is 1. The van der Waals surface area contributed by atoms with Crippen molar-refractivity contribution >= 4 is 33.8 Å². The van der Waals surface area contributed by atoms with Crippen molar-refractivity contribution in [1.82, 2.24) is 14.3 Å². The van der Waals surface area contributed by atoms with Crippen molar-refractivity contribution in [2.24, 2.45) is 5.92 Å². The molecule has 2 aromatic heterocycles. The highest BCUT2D eigenvalue weighted by Gasteiger charge is 2.31. The second-order valence-corrected chi connectivity index (χ2v) is 9.58. The van der Waals surface area contributed by atoms with Gasteiger partial charge in [-0.3, -0.25) is 9.20 Å². The van der Waals surface area contributed by atoms with Crippen LogP contribution in [0.5, 0.6) is 0 Å². The van der Waals surface area contributed by atoms with Gasteiger partial charge in [-0.25, -0.2) is 4.98 Å². The summed E-state index contributed by atoms with van der Waals surface area (Å²) < 4.78 is 7.98. The summed E-state index contributed by atoms with van der Waals surface area (Å²) in [6, 6.07) is 7.77. The van der Waals surface area contributed by atoms with Crippen molar-refractivity contribution in [3.8, 4) is 11.3 Å². The van der Waals surface area contributed by atoms with Gasteiger partial charge in [0.2, 0.25) is 5.91 Å². The van der Waals surface area contributed by atoms with Gasteiger partial charge >= 0.3 is 0 Å². The zero-order valence-electron chi connectivity index (χ0n) is 16.9. The smallest absolute Gasteiger partial charge is 0.225 e. The van der Waals surface area contributed by atoms with Crippen molar-refractivity contribution < 1.29 is 9.53 Å². The van der Waals surface area contributed by atoms with Crippen molar-refractivity contribution in [3.63, 3.8) is 0 Å². The molecule has 1 unspecified atom stereocenters. The van der Waals surface area contributed by atoms with Gasteiger partial charge in [-0.2, -0.15) is 0 Å². The van der Waals surface area contributed by atoms with E-state index >= 15 is 0 Å². The van der Waals surface area contributed by atoms with Gasteiger partial charge in [-0.1, -0.05) is 30.2 Å². The van der Waals surface area contributed by atoms with E-state index in [0.717, 1.165) is 73.0 Å². The number of thiazole rings is 1. The first-order valence-corrected chi connectivity index (χ1v) is 12.0. The van der Waals surface area contributed by atoms with E-state index in [1.165, 1.54) is 12.1 Å². The Balaban J connectivity index is 1.31. The van der Waals surface area contributed by atoms with E-state index in [1.54, 1.807) is 11.3 Å². The number of nitrogens with zero attached hydrogens (tertiary/aromatic N) is 3. The molecule has 158 valence electrons. The molecule has 0 spiro atoms. The number of aromatic nitrogens is 2. The molecule has 2 fully saturated rings. The highest BCUT2D eigenvalue weighted by Crippen LogP contribution is 2.29. The molecule has 1 saturated carbocycles. The second-order valence-electron chi connectivity index (χ2n) is 8.31. The zero-order valence-corrected chi connectivity index (χ0v) is 18.5. The molecule has 1 atom stereocenters. The van der Waals surface area contributed by atoms with Crippen molar-refractivity contribution in [1.29, 1.82) is 0 Å². The van der Waals surface area contributed by atoms with Crippen molar-refractivity contribution in [3.05, 3.63) is 46.6 Å². The Hall–Kier alpha value is -1.89. The standard InChI is InChI=1S/C23H26ClN3O2S/c24-18-8-6-16(7-9-18)21-14-27-19(15-30-23(27)25-21)10-11-26(13-20-5-2-12-29-20)22(28)17-3-1-4-17/h6-9,14-15,17,20H,1-5,10-13H2. The first kappa shape index (κ1) is 20.0. The molecule has 3 heterocycles. The molecule has 0 radical (unpaired) electrons. The lowest BCUT2D eigenvalue weighted by atomic mass is 9.84. The summed E-state index contributed by atoms with van der Waals surface area (Å²) in [6.45, 7) is 2.28. The number of fused-ring (bicyclic) bond motifs is 1. The van der Waals surface area contributed by atoms with Gasteiger partial charge in [0.05, 0.1) is 11.8 Å². The summed E-state index contributed by atoms with van der Waals surface area (Å²) in [5.41, 5.74) is 3.20. The summed E-state index contributed by atoms with van der Waals surface area (Å²) >= 11 is 7.66. The predicted molar refractivity (Wildman–Crippen MR) is 120 cm³/mol. The fourth-order valence-corrected chi connectivity index (χ4v) is 5.29. The highest BCUT2D eigenvalue weighted by atomic mass is 35.5. The molecule has 0 bridgehead atoms. The third-order valence-corrected chi connectivity index (χ3v) is 7.42. The van der Waals surface area contributed by atoms with Crippen LogP contribution in [0.25, 0.3) is 16.2 Å². The van der Waals surface area contributed by atoms with Crippen LogP contribution in [0.2, 0.25) is 5.02 Å². The van der Waals surface area contributed by atoms with Crippen LogP contribution < -0.4 is 0 Å². The minimum absolute atomic E-state index is 0.196. The van der Waals surface area contributed by atoms with Crippen LogP contribution >= 0.6 is 22.9 Å². The molecular weight excluding hydrogens is 418 g/mol. The molecule has 5 nitrogen and oxygen atoms in total. The molecule has 1 aliphatic carbocycles. The number of benzene rings is 1. The summed E-state index contributed by atoms with van der Waals surface area (Å²) in [4.78, 5) is 20.8. The molecule has 3 aromatic rings. The van der Waals surface area contributed by atoms with Gasteiger partial charge in [-0.05, 0) is 37.8 Å². The van der Waals surface area contributed by atoms with Crippen LogP contribution in [0, 0.1) is 5.92 Å². The maximum absolute atomic E-state index is 13.0. The average Bonchev–Trinajstić information content (AvgIpc) is 3.42. The maximum Gasteiger partial charge on any atom is 0.225 e. The Morgan fingerprint density at radius 2 is 2.07 bits per heavy atom. The van der Waals surface area contributed by atoms with E-state index in [-0.39, 0.29) is 12.0 Å². The van der Waals surface area contributed by atoms with E-state index in [2.05, 4.69) is 20.9 Å². The first-order valence-electron chi connectivity index (χ1n) is 10.8. The second kappa shape index (κ2) is 8.69. The fourth-order valence-electron chi connectivity index (χ4n) is 4.26. The van der Waals surface area contributed by atoms with Gasteiger partial charge in [0.15, 0.2) is 4.96 Å². The van der Waals surface area contributed by atoms with Crippen LogP contribution in [0.15, 0.2) is 35.8 Å². The summed E-state index contributed by atoms with van der Waals surface area (Å²) in [5.74, 6) is 0.536. The highest BCUT2D eigenvalue weighted by molar-refractivity contribution is 7.15. The molecule has 5 rings (SSSR count). The van der Waals surface area contributed by atoms with Crippen LogP contribution in [0.1, 0.15) is 37.8 Å². The fraction of sp³-hybridized carbons (Fsp3) is 0.478. The van der Waals surface area contributed by atoms with Crippen LogP contribution in [0.3, 0.4) is 0 Å². The number of halogens is 1. The van der Waals surface area contributed by atoms with E-state index in [4.69, 9.17) is 21.3 Å². The predicted octanol–water partition coefficient (Wildman–Crippen LogP) is 5.07. The van der Waals surface area contributed by atoms with Gasteiger partial charge in [-0.15, -0.1) is 11.3 Å². The first-order chi connectivity index (χ1) is 14.7. The Bertz CT molecular complexity index is 1020. The molecule has 1 saturated heterocycles. The lowest BCUT2D eigenvalue weighted by Crippen LogP contribution is -2.43. The topological polar surface area (TPSA) is 46.8 Å². The molecule has 30 heavy (non-hydrogen) atoms. The number of hydrogen-bond donors (Lipinski definition) is 0. The summed E-state index contributed by atoms with van der Waals surface area (Å²) in [5, 5.41) is 2.88. The summed E-state index contributed by atoms with van der Waals surface area (Å²) in [7, 11) is 0. The van der Waals surface area contributed by atoms with Gasteiger partial charge in [0.25, 0.3) is 0 Å². The van der Waals surface area contributed by atoms with E-state index < -0.39 is 0 Å². The lowest BCUT2D eigenvalue weighted by Gasteiger charge is -2.33.